The minimum Gasteiger partial charge on any atom is -0.350 e. The first kappa shape index (κ1) is 11.0. The van der Waals surface area contributed by atoms with Crippen molar-refractivity contribution in [3.8, 4) is 0 Å². The molecule has 0 saturated carbocycles. The number of amides is 1. The van der Waals surface area contributed by atoms with Gasteiger partial charge in [-0.05, 0) is 12.1 Å². The molecule has 0 spiro atoms. The molecule has 0 unspecified atom stereocenters. The summed E-state index contributed by atoms with van der Waals surface area (Å²) in [7, 11) is 0. The summed E-state index contributed by atoms with van der Waals surface area (Å²) < 4.78 is 1.79. The molecule has 0 bridgehead atoms. The van der Waals surface area contributed by atoms with Crippen molar-refractivity contribution in [2.45, 2.75) is 19.9 Å². The second kappa shape index (κ2) is 4.53. The summed E-state index contributed by atoms with van der Waals surface area (Å²) >= 11 is 6.00. The summed E-state index contributed by atoms with van der Waals surface area (Å²) in [6.45, 7) is 2.25. The normalized spacial score (nSPS) is 10.6. The molecule has 0 aromatic carbocycles. The van der Waals surface area contributed by atoms with E-state index in [0.717, 1.165) is 11.3 Å². The third-order valence-corrected chi connectivity index (χ3v) is 2.59. The van der Waals surface area contributed by atoms with E-state index in [1.54, 1.807) is 10.5 Å². The van der Waals surface area contributed by atoms with E-state index in [1.165, 1.54) is 0 Å². The van der Waals surface area contributed by atoms with Crippen LogP contribution in [0.15, 0.2) is 24.4 Å². The van der Waals surface area contributed by atoms with Crippen LogP contribution in [-0.4, -0.2) is 15.3 Å². The molecule has 0 atom stereocenters. The van der Waals surface area contributed by atoms with E-state index in [2.05, 4.69) is 10.3 Å². The molecule has 0 aliphatic rings. The molecular weight excluding hydrogens is 226 g/mol. The van der Waals surface area contributed by atoms with Crippen molar-refractivity contribution >= 4 is 23.2 Å². The van der Waals surface area contributed by atoms with E-state index in [0.29, 0.717) is 18.1 Å². The highest BCUT2D eigenvalue weighted by Crippen LogP contribution is 2.13. The van der Waals surface area contributed by atoms with E-state index in [1.807, 2.05) is 25.3 Å². The summed E-state index contributed by atoms with van der Waals surface area (Å²) in [5, 5.41) is 3.38. The van der Waals surface area contributed by atoms with Gasteiger partial charge in [-0.2, -0.15) is 0 Å². The Hall–Kier alpha value is -1.55. The number of carbonyl (C=O) groups excluding carboxylic acids is 1. The Balaban J connectivity index is 2.20. The molecule has 1 N–H and O–H groups in total. The molecule has 84 valence electrons. The van der Waals surface area contributed by atoms with Gasteiger partial charge in [-0.3, -0.25) is 9.20 Å². The van der Waals surface area contributed by atoms with Gasteiger partial charge < -0.3 is 5.32 Å². The number of hydrogen-bond donors (Lipinski definition) is 1. The second-order valence-electron chi connectivity index (χ2n) is 3.44. The highest BCUT2D eigenvalue weighted by Gasteiger charge is 2.04. The highest BCUT2D eigenvalue weighted by molar-refractivity contribution is 6.29. The zero-order valence-corrected chi connectivity index (χ0v) is 9.66. The van der Waals surface area contributed by atoms with Crippen LogP contribution in [0.5, 0.6) is 0 Å². The number of aromatic nitrogens is 2. The Morgan fingerprint density at radius 3 is 3.06 bits per heavy atom. The van der Waals surface area contributed by atoms with Gasteiger partial charge in [0.2, 0.25) is 5.91 Å². The molecule has 4 nitrogen and oxygen atoms in total. The van der Waals surface area contributed by atoms with Gasteiger partial charge in [0.25, 0.3) is 0 Å². The summed E-state index contributed by atoms with van der Waals surface area (Å²) in [5.41, 5.74) is 1.59. The number of nitrogens with one attached hydrogen (secondary N) is 1. The number of imidazole rings is 1. The van der Waals surface area contributed by atoms with Gasteiger partial charge in [0.1, 0.15) is 10.8 Å². The van der Waals surface area contributed by atoms with Crippen LogP contribution in [0.25, 0.3) is 5.65 Å². The van der Waals surface area contributed by atoms with Crippen molar-refractivity contribution in [2.24, 2.45) is 0 Å². The van der Waals surface area contributed by atoms with Crippen LogP contribution < -0.4 is 5.32 Å². The predicted octanol–water partition coefficient (Wildman–Crippen LogP) is 2.01. The predicted molar refractivity (Wildman–Crippen MR) is 62.3 cm³/mol. The Morgan fingerprint density at radius 2 is 2.38 bits per heavy atom. The van der Waals surface area contributed by atoms with Crippen molar-refractivity contribution in [3.63, 3.8) is 0 Å². The van der Waals surface area contributed by atoms with Crippen LogP contribution in [0.1, 0.15) is 19.0 Å². The molecule has 1 amide bonds. The zero-order chi connectivity index (χ0) is 11.5. The lowest BCUT2D eigenvalue weighted by atomic mass is 10.4. The van der Waals surface area contributed by atoms with Gasteiger partial charge in [0.05, 0.1) is 12.2 Å². The summed E-state index contributed by atoms with van der Waals surface area (Å²) in [5.74, 6) is 0.0168. The molecule has 0 radical (unpaired) electrons. The van der Waals surface area contributed by atoms with E-state index in [4.69, 9.17) is 11.6 Å². The molecule has 2 aromatic heterocycles. The third-order valence-electron chi connectivity index (χ3n) is 2.28. The fourth-order valence-electron chi connectivity index (χ4n) is 1.43. The van der Waals surface area contributed by atoms with Gasteiger partial charge in [0.15, 0.2) is 0 Å². The Bertz CT molecular complexity index is 521. The number of fused-ring (bicyclic) bond motifs is 1. The molecule has 0 aliphatic carbocycles. The van der Waals surface area contributed by atoms with Crippen molar-refractivity contribution in [1.82, 2.24) is 14.7 Å². The topological polar surface area (TPSA) is 46.4 Å². The first-order chi connectivity index (χ1) is 7.70. The standard InChI is InChI=1S/C11H12ClN3O/c1-2-11(16)13-6-8-7-15-9(12)4-3-5-10(15)14-8/h3-5,7H,2,6H2,1H3,(H,13,16). The number of carbonyl (C=O) groups is 1. The monoisotopic (exact) mass is 237 g/mol. The lowest BCUT2D eigenvalue weighted by molar-refractivity contribution is -0.120. The van der Waals surface area contributed by atoms with Crippen molar-refractivity contribution in [1.29, 1.82) is 0 Å². The molecule has 0 aliphatic heterocycles. The first-order valence-corrected chi connectivity index (χ1v) is 5.47. The fourth-order valence-corrected chi connectivity index (χ4v) is 1.64. The van der Waals surface area contributed by atoms with Gasteiger partial charge >= 0.3 is 0 Å². The van der Waals surface area contributed by atoms with Gasteiger partial charge in [0, 0.05) is 12.6 Å². The van der Waals surface area contributed by atoms with Crippen molar-refractivity contribution in [3.05, 3.63) is 35.2 Å². The number of rotatable bonds is 3. The van der Waals surface area contributed by atoms with Crippen LogP contribution in [0, 0.1) is 0 Å². The Morgan fingerprint density at radius 1 is 1.56 bits per heavy atom. The maximum Gasteiger partial charge on any atom is 0.220 e. The Kier molecular flexibility index (Phi) is 3.10. The van der Waals surface area contributed by atoms with E-state index in [-0.39, 0.29) is 5.91 Å². The van der Waals surface area contributed by atoms with Crippen LogP contribution in [-0.2, 0) is 11.3 Å². The maximum atomic E-state index is 11.1. The molecule has 0 fully saturated rings. The van der Waals surface area contributed by atoms with Crippen LogP contribution in [0.2, 0.25) is 5.15 Å². The average Bonchev–Trinajstić information content (AvgIpc) is 2.70. The molecule has 2 aromatic rings. The molecule has 5 heteroatoms. The average molecular weight is 238 g/mol. The molecule has 16 heavy (non-hydrogen) atoms. The smallest absolute Gasteiger partial charge is 0.220 e. The minimum absolute atomic E-state index is 0.0168. The maximum absolute atomic E-state index is 11.1. The first-order valence-electron chi connectivity index (χ1n) is 5.10. The van der Waals surface area contributed by atoms with Gasteiger partial charge in [-0.25, -0.2) is 4.98 Å². The van der Waals surface area contributed by atoms with Crippen LogP contribution >= 0.6 is 11.6 Å². The highest BCUT2D eigenvalue weighted by atomic mass is 35.5. The number of nitrogens with zero attached hydrogens (tertiary/aromatic N) is 2. The summed E-state index contributed by atoms with van der Waals surface area (Å²) in [6.07, 6.45) is 2.31. The summed E-state index contributed by atoms with van der Waals surface area (Å²) in [6, 6.07) is 5.51. The largest absolute Gasteiger partial charge is 0.350 e. The van der Waals surface area contributed by atoms with Gasteiger partial charge in [-0.1, -0.05) is 24.6 Å². The quantitative estimate of drug-likeness (QED) is 0.831. The zero-order valence-electron chi connectivity index (χ0n) is 8.90. The fraction of sp³-hybridized carbons (Fsp3) is 0.273. The minimum atomic E-state index is 0.0168. The molecular formula is C11H12ClN3O. The van der Waals surface area contributed by atoms with Crippen LogP contribution in [0.4, 0.5) is 0 Å². The summed E-state index contributed by atoms with van der Waals surface area (Å²) in [4.78, 5) is 15.4. The SMILES string of the molecule is CCC(=O)NCc1cn2c(Cl)cccc2n1. The van der Waals surface area contributed by atoms with E-state index in [9.17, 15) is 4.79 Å². The molecule has 2 heterocycles. The number of pyridine rings is 1. The second-order valence-corrected chi connectivity index (χ2v) is 3.83. The lowest BCUT2D eigenvalue weighted by Crippen LogP contribution is -2.21. The van der Waals surface area contributed by atoms with E-state index >= 15 is 0 Å². The van der Waals surface area contributed by atoms with Crippen molar-refractivity contribution in [2.75, 3.05) is 0 Å². The molecule has 0 saturated heterocycles. The van der Waals surface area contributed by atoms with E-state index < -0.39 is 0 Å². The third kappa shape index (κ3) is 2.17. The molecule has 2 rings (SSSR count). The lowest BCUT2D eigenvalue weighted by Gasteiger charge is -1.98. The number of halogens is 1. The van der Waals surface area contributed by atoms with Gasteiger partial charge in [-0.15, -0.1) is 0 Å². The Labute approximate surface area is 98.2 Å². The van der Waals surface area contributed by atoms with Crippen LogP contribution in [0.3, 0.4) is 0 Å². The number of hydrogen-bond acceptors (Lipinski definition) is 2. The van der Waals surface area contributed by atoms with Crippen molar-refractivity contribution < 1.29 is 4.79 Å².